The maximum atomic E-state index is 12.5. The standard InChI is InChI=1S/C20H20N4O3S/c1-14-4-6-15(7-5-14)23-19(26)12-24-11-18(27-2)17(25)10-16(24)13-28-20-21-8-3-9-22-20/h3-11H,12-13H2,1-2H3,(H,23,26). The van der Waals surface area contributed by atoms with E-state index in [9.17, 15) is 9.59 Å². The predicted octanol–water partition coefficient (Wildman–Crippen LogP) is 2.89. The topological polar surface area (TPSA) is 86.1 Å². The molecule has 7 nitrogen and oxygen atoms in total. The van der Waals surface area contributed by atoms with E-state index in [2.05, 4.69) is 15.3 Å². The van der Waals surface area contributed by atoms with Crippen molar-refractivity contribution >= 4 is 23.4 Å². The number of hydrogen-bond donors (Lipinski definition) is 1. The number of carbonyl (C=O) groups is 1. The van der Waals surface area contributed by atoms with E-state index in [0.29, 0.717) is 16.6 Å². The average Bonchev–Trinajstić information content (AvgIpc) is 2.70. The van der Waals surface area contributed by atoms with Crippen LogP contribution in [0.1, 0.15) is 11.3 Å². The fourth-order valence-corrected chi connectivity index (χ4v) is 3.31. The number of aryl methyl sites for hydroxylation is 1. The van der Waals surface area contributed by atoms with Crippen molar-refractivity contribution in [1.29, 1.82) is 0 Å². The van der Waals surface area contributed by atoms with E-state index >= 15 is 0 Å². The molecular formula is C20H20N4O3S. The zero-order valence-electron chi connectivity index (χ0n) is 15.6. The number of pyridine rings is 1. The summed E-state index contributed by atoms with van der Waals surface area (Å²) < 4.78 is 6.83. The lowest BCUT2D eigenvalue weighted by Gasteiger charge is -2.14. The van der Waals surface area contributed by atoms with Gasteiger partial charge in [-0.25, -0.2) is 9.97 Å². The summed E-state index contributed by atoms with van der Waals surface area (Å²) in [5.41, 5.74) is 2.28. The number of methoxy groups -OCH3 is 1. The van der Waals surface area contributed by atoms with Crippen LogP contribution in [0.4, 0.5) is 5.69 Å². The molecule has 2 heterocycles. The molecule has 3 aromatic rings. The SMILES string of the molecule is COc1cn(CC(=O)Nc2ccc(C)cc2)c(CSc2ncccn2)cc1=O. The highest BCUT2D eigenvalue weighted by Crippen LogP contribution is 2.19. The molecule has 1 aromatic carbocycles. The average molecular weight is 396 g/mol. The number of carbonyl (C=O) groups excluding carboxylic acids is 1. The predicted molar refractivity (Wildman–Crippen MR) is 109 cm³/mol. The number of nitrogens with zero attached hydrogens (tertiary/aromatic N) is 3. The number of rotatable bonds is 7. The Hall–Kier alpha value is -3.13. The highest BCUT2D eigenvalue weighted by Gasteiger charge is 2.12. The number of aromatic nitrogens is 3. The first kappa shape index (κ1) is 19.6. The third-order valence-corrected chi connectivity index (χ3v) is 4.85. The van der Waals surface area contributed by atoms with Gasteiger partial charge in [0.1, 0.15) is 6.54 Å². The lowest BCUT2D eigenvalue weighted by molar-refractivity contribution is -0.116. The largest absolute Gasteiger partial charge is 0.491 e. The van der Waals surface area contributed by atoms with E-state index in [0.717, 1.165) is 11.3 Å². The summed E-state index contributed by atoms with van der Waals surface area (Å²) in [6.45, 7) is 2.04. The normalized spacial score (nSPS) is 10.5. The molecule has 1 N–H and O–H groups in total. The molecule has 144 valence electrons. The second-order valence-corrected chi connectivity index (χ2v) is 7.00. The summed E-state index contributed by atoms with van der Waals surface area (Å²) in [4.78, 5) is 33.0. The molecular weight excluding hydrogens is 376 g/mol. The van der Waals surface area contributed by atoms with Gasteiger partial charge in [-0.2, -0.15) is 0 Å². The van der Waals surface area contributed by atoms with Gasteiger partial charge in [0.05, 0.1) is 13.3 Å². The number of anilines is 1. The lowest BCUT2D eigenvalue weighted by atomic mass is 10.2. The van der Waals surface area contributed by atoms with Gasteiger partial charge in [-0.15, -0.1) is 0 Å². The van der Waals surface area contributed by atoms with Gasteiger partial charge in [0.25, 0.3) is 0 Å². The molecule has 0 aliphatic rings. The van der Waals surface area contributed by atoms with Gasteiger partial charge >= 0.3 is 0 Å². The van der Waals surface area contributed by atoms with Crippen LogP contribution in [0.15, 0.2) is 64.9 Å². The van der Waals surface area contributed by atoms with Crippen LogP contribution in [-0.2, 0) is 17.1 Å². The highest BCUT2D eigenvalue weighted by atomic mass is 32.2. The first-order chi connectivity index (χ1) is 13.5. The maximum absolute atomic E-state index is 12.5. The van der Waals surface area contributed by atoms with E-state index in [1.54, 1.807) is 29.2 Å². The first-order valence-electron chi connectivity index (χ1n) is 8.59. The van der Waals surface area contributed by atoms with Crippen molar-refractivity contribution in [3.63, 3.8) is 0 Å². The van der Waals surface area contributed by atoms with Crippen molar-refractivity contribution < 1.29 is 9.53 Å². The van der Waals surface area contributed by atoms with Gasteiger partial charge in [-0.05, 0) is 25.1 Å². The molecule has 0 bridgehead atoms. The van der Waals surface area contributed by atoms with E-state index in [4.69, 9.17) is 4.74 Å². The summed E-state index contributed by atoms with van der Waals surface area (Å²) in [7, 11) is 1.43. The minimum Gasteiger partial charge on any atom is -0.491 e. The molecule has 3 rings (SSSR count). The lowest BCUT2D eigenvalue weighted by Crippen LogP contribution is -2.22. The van der Waals surface area contributed by atoms with Gasteiger partial charge in [-0.1, -0.05) is 29.5 Å². The van der Waals surface area contributed by atoms with Crippen molar-refractivity contribution in [1.82, 2.24) is 14.5 Å². The molecule has 1 amide bonds. The van der Waals surface area contributed by atoms with Crippen LogP contribution in [0.3, 0.4) is 0 Å². The molecule has 2 aromatic heterocycles. The second kappa shape index (κ2) is 9.18. The summed E-state index contributed by atoms with van der Waals surface area (Å²) in [6.07, 6.45) is 4.87. The molecule has 0 aliphatic heterocycles. The Bertz CT molecular complexity index is 1000. The number of benzene rings is 1. The fourth-order valence-electron chi connectivity index (χ4n) is 2.51. The Morgan fingerprint density at radius 2 is 1.93 bits per heavy atom. The zero-order chi connectivity index (χ0) is 19.9. The van der Waals surface area contributed by atoms with E-state index in [1.165, 1.54) is 24.9 Å². The molecule has 0 atom stereocenters. The Balaban J connectivity index is 1.78. The number of amides is 1. The molecule has 0 fully saturated rings. The molecule has 0 unspecified atom stereocenters. The highest BCUT2D eigenvalue weighted by molar-refractivity contribution is 7.98. The van der Waals surface area contributed by atoms with E-state index in [-0.39, 0.29) is 23.6 Å². The molecule has 8 heteroatoms. The van der Waals surface area contributed by atoms with Gasteiger partial charge in [0.2, 0.25) is 11.3 Å². The van der Waals surface area contributed by atoms with Crippen molar-refractivity contribution in [2.24, 2.45) is 0 Å². The Labute approximate surface area is 166 Å². The minimum atomic E-state index is -0.234. The van der Waals surface area contributed by atoms with Crippen molar-refractivity contribution in [3.8, 4) is 5.75 Å². The summed E-state index contributed by atoms with van der Waals surface area (Å²) in [5.74, 6) is 0.436. The molecule has 0 saturated carbocycles. The quantitative estimate of drug-likeness (QED) is 0.488. The Kier molecular flexibility index (Phi) is 6.44. The summed E-state index contributed by atoms with van der Waals surface area (Å²) in [5, 5.41) is 3.46. The number of thioether (sulfide) groups is 1. The van der Waals surface area contributed by atoms with Crippen LogP contribution in [-0.4, -0.2) is 27.6 Å². The molecule has 0 aliphatic carbocycles. The van der Waals surface area contributed by atoms with Crippen LogP contribution in [0.5, 0.6) is 5.75 Å². The van der Waals surface area contributed by atoms with E-state index < -0.39 is 0 Å². The summed E-state index contributed by atoms with van der Waals surface area (Å²) in [6, 6.07) is 10.8. The molecule has 0 radical (unpaired) electrons. The maximum Gasteiger partial charge on any atom is 0.244 e. The smallest absolute Gasteiger partial charge is 0.244 e. The zero-order valence-corrected chi connectivity index (χ0v) is 16.4. The Morgan fingerprint density at radius 3 is 2.61 bits per heavy atom. The molecule has 0 spiro atoms. The summed E-state index contributed by atoms with van der Waals surface area (Å²) >= 11 is 1.39. The minimum absolute atomic E-state index is 0.0516. The molecule has 0 saturated heterocycles. The Morgan fingerprint density at radius 1 is 1.21 bits per heavy atom. The van der Waals surface area contributed by atoms with Gasteiger partial charge < -0.3 is 14.6 Å². The fraction of sp³-hybridized carbons (Fsp3) is 0.200. The number of hydrogen-bond acceptors (Lipinski definition) is 6. The van der Waals surface area contributed by atoms with Gasteiger partial charge in [0.15, 0.2) is 10.9 Å². The molecule has 28 heavy (non-hydrogen) atoms. The van der Waals surface area contributed by atoms with Crippen LogP contribution in [0.25, 0.3) is 0 Å². The van der Waals surface area contributed by atoms with Crippen LogP contribution in [0.2, 0.25) is 0 Å². The second-order valence-electron chi connectivity index (χ2n) is 6.06. The van der Waals surface area contributed by atoms with Crippen molar-refractivity contribution in [2.75, 3.05) is 12.4 Å². The van der Waals surface area contributed by atoms with E-state index in [1.807, 2.05) is 31.2 Å². The third-order valence-electron chi connectivity index (χ3n) is 3.94. The monoisotopic (exact) mass is 396 g/mol. The van der Waals surface area contributed by atoms with Crippen LogP contribution in [0, 0.1) is 6.92 Å². The van der Waals surface area contributed by atoms with Crippen molar-refractivity contribution in [3.05, 3.63) is 76.5 Å². The third kappa shape index (κ3) is 5.20. The van der Waals surface area contributed by atoms with Gasteiger partial charge in [0, 0.05) is 35.6 Å². The van der Waals surface area contributed by atoms with Gasteiger partial charge in [-0.3, -0.25) is 9.59 Å². The first-order valence-corrected chi connectivity index (χ1v) is 9.57. The van der Waals surface area contributed by atoms with Crippen LogP contribution < -0.4 is 15.5 Å². The van der Waals surface area contributed by atoms with Crippen molar-refractivity contribution in [2.45, 2.75) is 24.4 Å². The number of nitrogens with one attached hydrogen (secondary N) is 1. The van der Waals surface area contributed by atoms with Crippen LogP contribution >= 0.6 is 11.8 Å². The number of ether oxygens (including phenoxy) is 1.